The molecule has 0 unspecified atom stereocenters. The van der Waals surface area contributed by atoms with Crippen LogP contribution in [0.4, 0.5) is 4.39 Å². The highest BCUT2D eigenvalue weighted by atomic mass is 19.1. The summed E-state index contributed by atoms with van der Waals surface area (Å²) < 4.78 is 20.5. The number of ether oxygens (including phenoxy) is 1. The lowest BCUT2D eigenvalue weighted by molar-refractivity contribution is 0.0600. The van der Waals surface area contributed by atoms with Crippen LogP contribution in [0.25, 0.3) is 22.2 Å². The highest BCUT2D eigenvalue weighted by Crippen LogP contribution is 2.38. The molecule has 0 saturated carbocycles. The highest BCUT2D eigenvalue weighted by molar-refractivity contribution is 5.96. The van der Waals surface area contributed by atoms with Gasteiger partial charge in [-0.15, -0.1) is 0 Å². The summed E-state index contributed by atoms with van der Waals surface area (Å²) in [4.78, 5) is 27.8. The minimum Gasteiger partial charge on any atom is -0.465 e. The number of halogens is 1. The summed E-state index contributed by atoms with van der Waals surface area (Å²) in [7, 11) is 1.29. The average Bonchev–Trinajstić information content (AvgIpc) is 3.27. The van der Waals surface area contributed by atoms with Crippen molar-refractivity contribution >= 4 is 16.9 Å². The van der Waals surface area contributed by atoms with Gasteiger partial charge in [-0.2, -0.15) is 5.10 Å². The number of aryl methyl sites for hydroxylation is 1. The molecular formula is C20H17FN4O3. The van der Waals surface area contributed by atoms with Crippen molar-refractivity contribution in [2.75, 3.05) is 7.11 Å². The van der Waals surface area contributed by atoms with Gasteiger partial charge in [-0.05, 0) is 43.0 Å². The van der Waals surface area contributed by atoms with Crippen molar-refractivity contribution in [1.82, 2.24) is 19.7 Å². The monoisotopic (exact) mass is 380 g/mol. The Hall–Kier alpha value is -3.42. The van der Waals surface area contributed by atoms with E-state index in [0.29, 0.717) is 11.3 Å². The molecule has 0 fully saturated rings. The van der Waals surface area contributed by atoms with Crippen molar-refractivity contribution in [3.63, 3.8) is 0 Å². The van der Waals surface area contributed by atoms with E-state index in [1.807, 2.05) is 4.57 Å². The van der Waals surface area contributed by atoms with Crippen LogP contribution >= 0.6 is 0 Å². The second kappa shape index (κ2) is 6.05. The third kappa shape index (κ3) is 2.37. The van der Waals surface area contributed by atoms with E-state index in [2.05, 4.69) is 15.2 Å². The Labute approximate surface area is 158 Å². The van der Waals surface area contributed by atoms with E-state index in [1.165, 1.54) is 13.2 Å². The maximum atomic E-state index is 13.8. The number of nitrogens with zero attached hydrogens (tertiary/aromatic N) is 2. The molecule has 0 bridgehead atoms. The third-order valence-corrected chi connectivity index (χ3v) is 5.48. The van der Waals surface area contributed by atoms with Gasteiger partial charge >= 0.3 is 5.97 Å². The van der Waals surface area contributed by atoms with Crippen LogP contribution in [0.3, 0.4) is 0 Å². The Balaban J connectivity index is 1.73. The van der Waals surface area contributed by atoms with Crippen LogP contribution in [0.1, 0.15) is 40.5 Å². The summed E-state index contributed by atoms with van der Waals surface area (Å²) in [5.41, 5.74) is 3.42. The Morgan fingerprint density at radius 2 is 2.21 bits per heavy atom. The zero-order chi connectivity index (χ0) is 19.4. The second-order valence-electron chi connectivity index (χ2n) is 7.04. The van der Waals surface area contributed by atoms with Crippen LogP contribution in [0.5, 0.6) is 0 Å². The van der Waals surface area contributed by atoms with Crippen LogP contribution < -0.4 is 5.56 Å². The fourth-order valence-electron chi connectivity index (χ4n) is 4.20. The summed E-state index contributed by atoms with van der Waals surface area (Å²) >= 11 is 0. The van der Waals surface area contributed by atoms with Gasteiger partial charge in [0.15, 0.2) is 0 Å². The van der Waals surface area contributed by atoms with Gasteiger partial charge in [0.05, 0.1) is 18.7 Å². The first-order valence-electron chi connectivity index (χ1n) is 9.05. The molecule has 1 aliphatic carbocycles. The molecule has 2 aromatic rings. The number of nitrogens with one attached hydrogen (secondary N) is 2. The van der Waals surface area contributed by atoms with Crippen LogP contribution in [-0.2, 0) is 11.2 Å². The minimum atomic E-state index is -0.555. The number of benzene rings is 1. The zero-order valence-corrected chi connectivity index (χ0v) is 15.1. The molecular weight excluding hydrogens is 363 g/mol. The number of methoxy groups -OCH3 is 1. The zero-order valence-electron chi connectivity index (χ0n) is 15.1. The van der Waals surface area contributed by atoms with E-state index in [1.54, 1.807) is 24.5 Å². The quantitative estimate of drug-likeness (QED) is 0.523. The maximum absolute atomic E-state index is 13.8. The summed E-state index contributed by atoms with van der Waals surface area (Å²) in [5.74, 6) is -0.825. The van der Waals surface area contributed by atoms with Crippen molar-refractivity contribution in [2.45, 2.75) is 25.3 Å². The Morgan fingerprint density at radius 1 is 1.36 bits per heavy atom. The predicted octanol–water partition coefficient (Wildman–Crippen LogP) is 3.01. The lowest BCUT2D eigenvalue weighted by atomic mass is 9.91. The molecule has 3 aliphatic rings. The molecule has 3 heterocycles. The van der Waals surface area contributed by atoms with Crippen molar-refractivity contribution in [1.29, 1.82) is 0 Å². The molecule has 1 aromatic carbocycles. The number of esters is 1. The molecule has 8 heteroatoms. The van der Waals surface area contributed by atoms with Crippen LogP contribution in [0.15, 0.2) is 35.4 Å². The standard InChI is InChI=1S/C20H17FN4O3/c1-28-20(27)14-9-25(8-13-17(14)23-24-19(13)26)16-4-2-3-11-12-7-10(21)5-6-15(12)22-18(11)16/h5-9,16,22H,2-4H2,1H3,(H,24,26)/t16-/m0/s1. The first-order valence-corrected chi connectivity index (χ1v) is 9.05. The molecule has 1 atom stereocenters. The average molecular weight is 380 g/mol. The van der Waals surface area contributed by atoms with Gasteiger partial charge in [-0.1, -0.05) is 0 Å². The summed E-state index contributed by atoms with van der Waals surface area (Å²) in [5, 5.41) is 7.24. The van der Waals surface area contributed by atoms with E-state index < -0.39 is 5.97 Å². The molecule has 28 heavy (non-hydrogen) atoms. The van der Waals surface area contributed by atoms with Crippen molar-refractivity contribution in [3.8, 4) is 11.3 Å². The minimum absolute atomic E-state index is 0.110. The molecule has 0 amide bonds. The van der Waals surface area contributed by atoms with E-state index in [0.717, 1.165) is 41.4 Å². The normalized spacial score (nSPS) is 16.4. The fourth-order valence-corrected chi connectivity index (χ4v) is 4.20. The maximum Gasteiger partial charge on any atom is 0.341 e. The van der Waals surface area contributed by atoms with Crippen LogP contribution in [-0.4, -0.2) is 32.8 Å². The number of aromatic nitrogens is 4. The Kier molecular flexibility index (Phi) is 3.61. The molecule has 142 valence electrons. The number of aromatic amines is 2. The first kappa shape index (κ1) is 16.7. The van der Waals surface area contributed by atoms with E-state index in [9.17, 15) is 14.0 Å². The molecule has 0 spiro atoms. The lowest BCUT2D eigenvalue weighted by Gasteiger charge is -2.26. The number of carbonyl (C=O) groups excluding carboxylic acids is 1. The van der Waals surface area contributed by atoms with Gasteiger partial charge in [0, 0.05) is 29.0 Å². The number of fused-ring (bicyclic) bond motifs is 4. The molecule has 5 rings (SSSR count). The van der Waals surface area contributed by atoms with Crippen molar-refractivity contribution in [3.05, 3.63) is 63.6 Å². The number of rotatable bonds is 2. The number of carbonyl (C=O) groups is 1. The SMILES string of the molecule is COC(=O)c1cn([C@H]2CCCc3c2[nH]c2ccc(F)cc32)cc2c(=O)[nH]nc1-2. The third-order valence-electron chi connectivity index (χ3n) is 5.48. The number of pyridine rings is 1. The second-order valence-corrected chi connectivity index (χ2v) is 7.04. The first-order chi connectivity index (χ1) is 13.6. The molecule has 0 saturated heterocycles. The van der Waals surface area contributed by atoms with Crippen molar-refractivity contribution in [2.24, 2.45) is 0 Å². The molecule has 2 N–H and O–H groups in total. The summed E-state index contributed by atoms with van der Waals surface area (Å²) in [6.07, 6.45) is 5.96. The number of H-pyrrole nitrogens is 2. The van der Waals surface area contributed by atoms with Gasteiger partial charge in [0.1, 0.15) is 17.1 Å². The molecule has 0 radical (unpaired) electrons. The van der Waals surface area contributed by atoms with Gasteiger partial charge in [0.25, 0.3) is 5.56 Å². The number of hydrogen-bond donors (Lipinski definition) is 2. The largest absolute Gasteiger partial charge is 0.465 e. The van der Waals surface area contributed by atoms with Gasteiger partial charge in [-0.25, -0.2) is 14.3 Å². The topological polar surface area (TPSA) is 92.8 Å². The van der Waals surface area contributed by atoms with E-state index >= 15 is 0 Å². The van der Waals surface area contributed by atoms with Crippen LogP contribution in [0, 0.1) is 5.82 Å². The number of hydrogen-bond acceptors (Lipinski definition) is 4. The van der Waals surface area contributed by atoms with E-state index in [4.69, 9.17) is 4.74 Å². The van der Waals surface area contributed by atoms with Gasteiger partial charge in [0.2, 0.25) is 0 Å². The Bertz CT molecular complexity index is 1250. The Morgan fingerprint density at radius 3 is 3.04 bits per heavy atom. The smallest absolute Gasteiger partial charge is 0.341 e. The lowest BCUT2D eigenvalue weighted by Crippen LogP contribution is -2.20. The van der Waals surface area contributed by atoms with E-state index in [-0.39, 0.29) is 23.0 Å². The fraction of sp³-hybridized carbons (Fsp3) is 0.250. The summed E-state index contributed by atoms with van der Waals surface area (Å²) in [6, 6.07) is 4.61. The van der Waals surface area contributed by atoms with Crippen molar-refractivity contribution < 1.29 is 13.9 Å². The van der Waals surface area contributed by atoms with Gasteiger partial charge in [-0.3, -0.25) is 4.79 Å². The predicted molar refractivity (Wildman–Crippen MR) is 100 cm³/mol. The molecule has 1 aromatic heterocycles. The van der Waals surface area contributed by atoms with Gasteiger partial charge < -0.3 is 14.3 Å². The highest BCUT2D eigenvalue weighted by Gasteiger charge is 2.29. The van der Waals surface area contributed by atoms with Crippen LogP contribution in [0.2, 0.25) is 0 Å². The summed E-state index contributed by atoms with van der Waals surface area (Å²) in [6.45, 7) is 0. The molecule has 7 nitrogen and oxygen atoms in total. The molecule has 2 aliphatic heterocycles.